The molecule has 2 heterocycles. The highest BCUT2D eigenvalue weighted by molar-refractivity contribution is 7.92. The quantitative estimate of drug-likeness (QED) is 0.208. The molecular formula is C21H27N3O6S2. The number of hydroxylamine groups is 1. The van der Waals surface area contributed by atoms with Crippen LogP contribution in [0.4, 0.5) is 5.69 Å². The van der Waals surface area contributed by atoms with Crippen molar-refractivity contribution < 1.29 is 28.3 Å². The van der Waals surface area contributed by atoms with Gasteiger partial charge in [0.2, 0.25) is 11.8 Å². The fraction of sp³-hybridized carbons (Fsp3) is 0.429. The largest absolute Gasteiger partial charge is 0.395 e. The highest BCUT2D eigenvalue weighted by atomic mass is 32.2. The number of carbonyl (C=O) groups is 2. The van der Waals surface area contributed by atoms with E-state index in [1.807, 2.05) is 12.1 Å². The minimum absolute atomic E-state index is 0.00474. The van der Waals surface area contributed by atoms with Crippen molar-refractivity contribution >= 4 is 38.7 Å². The molecule has 1 fully saturated rings. The molecule has 1 atom stereocenters. The Morgan fingerprint density at radius 3 is 2.66 bits per heavy atom. The normalized spacial score (nSPS) is 19.9. The summed E-state index contributed by atoms with van der Waals surface area (Å²) in [5, 5.41) is 23.4. The Kier molecular flexibility index (Phi) is 8.01. The van der Waals surface area contributed by atoms with E-state index in [1.54, 1.807) is 29.7 Å². The van der Waals surface area contributed by atoms with Gasteiger partial charge in [-0.1, -0.05) is 18.6 Å². The van der Waals surface area contributed by atoms with Crippen LogP contribution < -0.4 is 16.1 Å². The van der Waals surface area contributed by atoms with Crippen LogP contribution in [0.15, 0.2) is 36.4 Å². The molecule has 1 aliphatic heterocycles. The first-order valence-corrected chi connectivity index (χ1v) is 12.8. The lowest BCUT2D eigenvalue weighted by Crippen LogP contribution is -2.43. The second-order valence-electron chi connectivity index (χ2n) is 7.68. The summed E-state index contributed by atoms with van der Waals surface area (Å²) >= 11 is 1.30. The van der Waals surface area contributed by atoms with Crippen LogP contribution in [0.1, 0.15) is 30.6 Å². The maximum absolute atomic E-state index is 13.1. The summed E-state index contributed by atoms with van der Waals surface area (Å²) in [4.78, 5) is 25.4. The number of amides is 2. The van der Waals surface area contributed by atoms with Gasteiger partial charge in [-0.25, -0.2) is 13.9 Å². The summed E-state index contributed by atoms with van der Waals surface area (Å²) in [6.45, 7) is 0.340. The van der Waals surface area contributed by atoms with E-state index in [1.165, 1.54) is 11.3 Å². The van der Waals surface area contributed by atoms with Gasteiger partial charge >= 0.3 is 0 Å². The molecular weight excluding hydrogens is 454 g/mol. The fourth-order valence-corrected chi connectivity index (χ4v) is 7.66. The first-order chi connectivity index (χ1) is 15.3. The monoisotopic (exact) mass is 481 g/mol. The molecule has 0 saturated carbocycles. The number of aliphatic hydroxyl groups excluding tert-OH is 1. The SMILES string of the molecule is O=C(C[C@]1(c2ccc(-c3cccc(NC(=O)CNCCO)c3)s2)CCCCS1(=O)=O)NO. The van der Waals surface area contributed by atoms with Crippen LogP contribution in [-0.4, -0.2) is 56.0 Å². The molecule has 0 radical (unpaired) electrons. The van der Waals surface area contributed by atoms with E-state index < -0.39 is 20.5 Å². The molecule has 2 aromatic rings. The van der Waals surface area contributed by atoms with Gasteiger partial charge in [0.25, 0.3) is 0 Å². The first kappa shape index (κ1) is 24.3. The summed E-state index contributed by atoms with van der Waals surface area (Å²) in [7, 11) is -3.59. The van der Waals surface area contributed by atoms with Crippen LogP contribution in [0.3, 0.4) is 0 Å². The molecule has 0 bridgehead atoms. The van der Waals surface area contributed by atoms with E-state index in [-0.39, 0.29) is 31.2 Å². The molecule has 11 heteroatoms. The number of rotatable bonds is 9. The highest BCUT2D eigenvalue weighted by Crippen LogP contribution is 2.47. The second kappa shape index (κ2) is 10.5. The zero-order valence-corrected chi connectivity index (χ0v) is 19.1. The lowest BCUT2D eigenvalue weighted by molar-refractivity contribution is -0.130. The van der Waals surface area contributed by atoms with Crippen LogP contribution in [0, 0.1) is 0 Å². The van der Waals surface area contributed by atoms with Crippen molar-refractivity contribution in [2.24, 2.45) is 0 Å². The zero-order valence-electron chi connectivity index (χ0n) is 17.5. The Labute approximate surface area is 190 Å². The topological polar surface area (TPSA) is 145 Å². The molecule has 0 unspecified atom stereocenters. The van der Waals surface area contributed by atoms with Crippen molar-refractivity contribution in [3.63, 3.8) is 0 Å². The van der Waals surface area contributed by atoms with E-state index in [0.717, 1.165) is 10.4 Å². The molecule has 1 aliphatic rings. The van der Waals surface area contributed by atoms with E-state index in [2.05, 4.69) is 10.6 Å². The number of thiophene rings is 1. The Balaban J connectivity index is 1.87. The molecule has 1 aromatic carbocycles. The molecule has 1 saturated heterocycles. The minimum atomic E-state index is -3.59. The Bertz CT molecular complexity index is 1070. The van der Waals surface area contributed by atoms with Crippen LogP contribution in [-0.2, 0) is 24.2 Å². The number of carbonyl (C=O) groups excluding carboxylic acids is 2. The second-order valence-corrected chi connectivity index (χ2v) is 11.2. The fourth-order valence-electron chi connectivity index (χ4n) is 3.89. The number of aliphatic hydroxyl groups is 1. The standard InChI is InChI=1S/C21H27N3O6S2/c25-10-9-22-14-20(27)23-16-5-3-4-15(12-16)17-6-7-18(31-17)21(13-19(26)24-28)8-1-2-11-32(21,29)30/h3-7,12,22,25,28H,1-2,8-11,13-14H2,(H,23,27)(H,24,26)/t21-/m0/s1. The third-order valence-electron chi connectivity index (χ3n) is 5.47. The molecule has 174 valence electrons. The van der Waals surface area contributed by atoms with Crippen molar-refractivity contribution in [3.05, 3.63) is 41.3 Å². The molecule has 0 spiro atoms. The van der Waals surface area contributed by atoms with Gasteiger partial charge in [0.15, 0.2) is 9.84 Å². The van der Waals surface area contributed by atoms with Gasteiger partial charge in [-0.2, -0.15) is 0 Å². The summed E-state index contributed by atoms with van der Waals surface area (Å²) in [5.74, 6) is -0.972. The molecule has 0 aliphatic carbocycles. The molecule has 1 aromatic heterocycles. The van der Waals surface area contributed by atoms with Crippen molar-refractivity contribution in [1.29, 1.82) is 0 Å². The average Bonchev–Trinajstić information content (AvgIpc) is 3.26. The molecule has 2 amide bonds. The molecule has 9 nitrogen and oxygen atoms in total. The smallest absolute Gasteiger partial charge is 0.245 e. The zero-order chi connectivity index (χ0) is 23.2. The number of hydrogen-bond donors (Lipinski definition) is 5. The van der Waals surface area contributed by atoms with E-state index in [0.29, 0.717) is 36.4 Å². The Morgan fingerprint density at radius 2 is 1.94 bits per heavy atom. The molecule has 3 rings (SSSR count). The third-order valence-corrected chi connectivity index (χ3v) is 9.52. The summed E-state index contributed by atoms with van der Waals surface area (Å²) in [5.41, 5.74) is 2.96. The lowest BCUT2D eigenvalue weighted by Gasteiger charge is -2.35. The van der Waals surface area contributed by atoms with Crippen molar-refractivity contribution in [2.45, 2.75) is 30.4 Å². The van der Waals surface area contributed by atoms with Gasteiger partial charge in [-0.05, 0) is 42.7 Å². The van der Waals surface area contributed by atoms with Crippen molar-refractivity contribution in [1.82, 2.24) is 10.8 Å². The minimum Gasteiger partial charge on any atom is -0.395 e. The number of benzene rings is 1. The molecule has 32 heavy (non-hydrogen) atoms. The predicted molar refractivity (Wildman–Crippen MR) is 122 cm³/mol. The van der Waals surface area contributed by atoms with E-state index in [4.69, 9.17) is 10.3 Å². The van der Waals surface area contributed by atoms with Gasteiger partial charge in [-0.3, -0.25) is 14.8 Å². The van der Waals surface area contributed by atoms with Gasteiger partial charge in [0.05, 0.1) is 25.3 Å². The van der Waals surface area contributed by atoms with Crippen LogP contribution in [0.25, 0.3) is 10.4 Å². The van der Waals surface area contributed by atoms with Crippen molar-refractivity contribution in [3.8, 4) is 10.4 Å². The summed E-state index contributed by atoms with van der Waals surface area (Å²) in [6.07, 6.45) is 1.22. The number of hydrogen-bond acceptors (Lipinski definition) is 8. The van der Waals surface area contributed by atoms with E-state index >= 15 is 0 Å². The molecule has 5 N–H and O–H groups in total. The van der Waals surface area contributed by atoms with Crippen LogP contribution in [0.5, 0.6) is 0 Å². The van der Waals surface area contributed by atoms with Gasteiger partial charge < -0.3 is 15.7 Å². The third kappa shape index (κ3) is 5.36. The number of nitrogens with one attached hydrogen (secondary N) is 3. The van der Waals surface area contributed by atoms with Crippen LogP contribution >= 0.6 is 11.3 Å². The van der Waals surface area contributed by atoms with E-state index in [9.17, 15) is 18.0 Å². The maximum atomic E-state index is 13.1. The van der Waals surface area contributed by atoms with Gasteiger partial charge in [-0.15, -0.1) is 11.3 Å². The lowest BCUT2D eigenvalue weighted by atomic mass is 9.94. The predicted octanol–water partition coefficient (Wildman–Crippen LogP) is 1.62. The number of sulfone groups is 1. The summed E-state index contributed by atoms with van der Waals surface area (Å²) in [6, 6.07) is 10.7. The maximum Gasteiger partial charge on any atom is 0.245 e. The summed E-state index contributed by atoms with van der Waals surface area (Å²) < 4.78 is 24.8. The van der Waals surface area contributed by atoms with Crippen LogP contribution in [0.2, 0.25) is 0 Å². The number of anilines is 1. The van der Waals surface area contributed by atoms with Gasteiger partial charge in [0, 0.05) is 22.0 Å². The Hall–Kier alpha value is -2.31. The highest BCUT2D eigenvalue weighted by Gasteiger charge is 2.49. The average molecular weight is 482 g/mol. The van der Waals surface area contributed by atoms with Gasteiger partial charge in [0.1, 0.15) is 4.75 Å². The Morgan fingerprint density at radius 1 is 1.12 bits per heavy atom. The first-order valence-electron chi connectivity index (χ1n) is 10.3. The van der Waals surface area contributed by atoms with Crippen molar-refractivity contribution in [2.75, 3.05) is 30.8 Å².